The number of carboxylic acids is 1. The van der Waals surface area contributed by atoms with Crippen molar-refractivity contribution in [3.05, 3.63) is 41.7 Å². The lowest BCUT2D eigenvalue weighted by Gasteiger charge is -1.90. The zero-order valence-corrected chi connectivity index (χ0v) is 6.20. The van der Waals surface area contributed by atoms with Crippen LogP contribution >= 0.6 is 0 Å². The molecule has 0 aliphatic heterocycles. The number of aliphatic carboxylic acids is 1. The van der Waals surface area contributed by atoms with Gasteiger partial charge < -0.3 is 5.11 Å². The summed E-state index contributed by atoms with van der Waals surface area (Å²) in [6.45, 7) is 0. The van der Waals surface area contributed by atoms with Gasteiger partial charge >= 0.3 is 5.97 Å². The Morgan fingerprint density at radius 3 is 2.42 bits per heavy atom. The fourth-order valence-corrected chi connectivity index (χ4v) is 0.757. The van der Waals surface area contributed by atoms with Crippen LogP contribution in [0.2, 0.25) is 0 Å². The summed E-state index contributed by atoms with van der Waals surface area (Å²) in [7, 11) is 0. The smallest absolute Gasteiger partial charge is 0.364 e. The van der Waals surface area contributed by atoms with Gasteiger partial charge in [-0.1, -0.05) is 30.3 Å². The molecule has 0 bridgehead atoms. The van der Waals surface area contributed by atoms with Gasteiger partial charge in [0, 0.05) is 0 Å². The van der Waals surface area contributed by atoms with Gasteiger partial charge in [0.1, 0.15) is 0 Å². The van der Waals surface area contributed by atoms with Crippen molar-refractivity contribution in [2.24, 2.45) is 0 Å². The van der Waals surface area contributed by atoms with E-state index in [0.717, 1.165) is 6.08 Å². The summed E-state index contributed by atoms with van der Waals surface area (Å²) >= 11 is 0. The average molecular weight is 166 g/mol. The zero-order chi connectivity index (χ0) is 8.97. The second-order valence-electron chi connectivity index (χ2n) is 2.21. The summed E-state index contributed by atoms with van der Waals surface area (Å²) in [6.07, 6.45) is 0.975. The first-order chi connectivity index (χ1) is 5.70. The standard InChI is InChI=1S/C9H7FO2/c10-8(9(11)12)6-7-4-2-1-3-5-7/h1-6H,(H,11,12)/b8-6+. The minimum atomic E-state index is -1.54. The van der Waals surface area contributed by atoms with Crippen LogP contribution in [0.3, 0.4) is 0 Å². The molecule has 0 fully saturated rings. The Bertz CT molecular complexity index is 304. The van der Waals surface area contributed by atoms with E-state index >= 15 is 0 Å². The van der Waals surface area contributed by atoms with Crippen LogP contribution in [0.4, 0.5) is 4.39 Å². The summed E-state index contributed by atoms with van der Waals surface area (Å²) in [4.78, 5) is 10.1. The number of rotatable bonds is 2. The van der Waals surface area contributed by atoms with Crippen LogP contribution in [0.5, 0.6) is 0 Å². The highest BCUT2D eigenvalue weighted by atomic mass is 19.1. The van der Waals surface area contributed by atoms with Crippen LogP contribution in [0.1, 0.15) is 5.56 Å². The molecular formula is C9H7FO2. The molecule has 0 radical (unpaired) electrons. The van der Waals surface area contributed by atoms with E-state index in [-0.39, 0.29) is 0 Å². The molecule has 1 N–H and O–H groups in total. The van der Waals surface area contributed by atoms with Crippen LogP contribution in [0.25, 0.3) is 6.08 Å². The van der Waals surface area contributed by atoms with E-state index in [1.54, 1.807) is 30.3 Å². The van der Waals surface area contributed by atoms with Gasteiger partial charge in [-0.05, 0) is 11.6 Å². The SMILES string of the molecule is O=C(O)/C(F)=C\c1ccccc1. The van der Waals surface area contributed by atoms with Gasteiger partial charge in [-0.25, -0.2) is 4.79 Å². The first-order valence-electron chi connectivity index (χ1n) is 3.35. The maximum absolute atomic E-state index is 12.5. The van der Waals surface area contributed by atoms with Gasteiger partial charge in [0.25, 0.3) is 0 Å². The number of carboxylic acid groups (broad SMARTS) is 1. The van der Waals surface area contributed by atoms with E-state index in [0.29, 0.717) is 5.56 Å². The van der Waals surface area contributed by atoms with Crippen molar-refractivity contribution < 1.29 is 14.3 Å². The molecule has 1 rings (SSSR count). The van der Waals surface area contributed by atoms with Crippen LogP contribution in [0.15, 0.2) is 36.2 Å². The van der Waals surface area contributed by atoms with Crippen molar-refractivity contribution >= 4 is 12.0 Å². The predicted molar refractivity (Wildman–Crippen MR) is 43.2 cm³/mol. The summed E-state index contributed by atoms with van der Waals surface area (Å²) in [6, 6.07) is 8.45. The van der Waals surface area contributed by atoms with Crippen molar-refractivity contribution in [3.63, 3.8) is 0 Å². The fourth-order valence-electron chi connectivity index (χ4n) is 0.757. The predicted octanol–water partition coefficient (Wildman–Crippen LogP) is 2.08. The van der Waals surface area contributed by atoms with E-state index in [1.165, 1.54) is 0 Å². The lowest BCUT2D eigenvalue weighted by Crippen LogP contribution is -1.93. The number of carbonyl (C=O) groups is 1. The summed E-state index contributed by atoms with van der Waals surface area (Å²) in [5.74, 6) is -2.69. The quantitative estimate of drug-likeness (QED) is 0.683. The van der Waals surface area contributed by atoms with Gasteiger partial charge in [0.15, 0.2) is 0 Å². The molecular weight excluding hydrogens is 159 g/mol. The van der Waals surface area contributed by atoms with Gasteiger partial charge in [-0.3, -0.25) is 0 Å². The van der Waals surface area contributed by atoms with E-state index in [4.69, 9.17) is 5.11 Å². The lowest BCUT2D eigenvalue weighted by atomic mass is 10.2. The number of halogens is 1. The summed E-state index contributed by atoms with van der Waals surface area (Å²) in [5, 5.41) is 8.20. The molecule has 3 heteroatoms. The third kappa shape index (κ3) is 2.20. The number of hydrogen-bond acceptors (Lipinski definition) is 1. The van der Waals surface area contributed by atoms with Crippen molar-refractivity contribution in [3.8, 4) is 0 Å². The first-order valence-corrected chi connectivity index (χ1v) is 3.35. The average Bonchev–Trinajstić information content (AvgIpc) is 2.06. The zero-order valence-electron chi connectivity index (χ0n) is 6.20. The summed E-state index contributed by atoms with van der Waals surface area (Å²) < 4.78 is 12.5. The highest BCUT2D eigenvalue weighted by Gasteiger charge is 2.03. The fraction of sp³-hybridized carbons (Fsp3) is 0. The molecule has 0 aliphatic rings. The van der Waals surface area contributed by atoms with Crippen molar-refractivity contribution in [2.75, 3.05) is 0 Å². The Kier molecular flexibility index (Phi) is 2.58. The Labute approximate surface area is 69.0 Å². The molecule has 0 spiro atoms. The van der Waals surface area contributed by atoms with Crippen LogP contribution in [-0.4, -0.2) is 11.1 Å². The molecule has 2 nitrogen and oxygen atoms in total. The minimum absolute atomic E-state index is 0.539. The van der Waals surface area contributed by atoms with Gasteiger partial charge in [-0.15, -0.1) is 0 Å². The van der Waals surface area contributed by atoms with E-state index in [9.17, 15) is 9.18 Å². The van der Waals surface area contributed by atoms with Gasteiger partial charge in [0.05, 0.1) is 0 Å². The van der Waals surface area contributed by atoms with Crippen molar-refractivity contribution in [1.82, 2.24) is 0 Å². The van der Waals surface area contributed by atoms with Crippen LogP contribution < -0.4 is 0 Å². The molecule has 0 aliphatic carbocycles. The molecule has 0 aromatic heterocycles. The Hall–Kier alpha value is -1.64. The number of hydrogen-bond donors (Lipinski definition) is 1. The van der Waals surface area contributed by atoms with Crippen LogP contribution in [0, 0.1) is 0 Å². The monoisotopic (exact) mass is 166 g/mol. The molecule has 12 heavy (non-hydrogen) atoms. The number of benzene rings is 1. The maximum atomic E-state index is 12.5. The topological polar surface area (TPSA) is 37.3 Å². The van der Waals surface area contributed by atoms with Gasteiger partial charge in [-0.2, -0.15) is 4.39 Å². The lowest BCUT2D eigenvalue weighted by molar-refractivity contribution is -0.134. The third-order valence-corrected chi connectivity index (χ3v) is 1.30. The van der Waals surface area contributed by atoms with Crippen molar-refractivity contribution in [2.45, 2.75) is 0 Å². The second-order valence-corrected chi connectivity index (χ2v) is 2.21. The molecule has 1 aromatic carbocycles. The minimum Gasteiger partial charge on any atom is -0.476 e. The van der Waals surface area contributed by atoms with E-state index < -0.39 is 11.8 Å². The Morgan fingerprint density at radius 2 is 1.92 bits per heavy atom. The molecule has 0 atom stereocenters. The van der Waals surface area contributed by atoms with E-state index in [1.807, 2.05) is 0 Å². The Balaban J connectivity index is 2.89. The normalized spacial score (nSPS) is 11.2. The molecule has 0 saturated carbocycles. The van der Waals surface area contributed by atoms with Crippen molar-refractivity contribution in [1.29, 1.82) is 0 Å². The second kappa shape index (κ2) is 3.67. The van der Waals surface area contributed by atoms with E-state index in [2.05, 4.69) is 0 Å². The molecule has 62 valence electrons. The van der Waals surface area contributed by atoms with Gasteiger partial charge in [0.2, 0.25) is 5.83 Å². The molecule has 1 aromatic rings. The molecule has 0 amide bonds. The highest BCUT2D eigenvalue weighted by molar-refractivity contribution is 5.89. The summed E-state index contributed by atoms with van der Waals surface area (Å²) in [5.41, 5.74) is 0.539. The third-order valence-electron chi connectivity index (χ3n) is 1.30. The first kappa shape index (κ1) is 8.46. The van der Waals surface area contributed by atoms with Crippen LogP contribution in [-0.2, 0) is 4.79 Å². The maximum Gasteiger partial charge on any atom is 0.364 e. The highest BCUT2D eigenvalue weighted by Crippen LogP contribution is 2.06. The molecule has 0 heterocycles. The molecule has 0 unspecified atom stereocenters. The largest absolute Gasteiger partial charge is 0.476 e. The Morgan fingerprint density at radius 1 is 1.33 bits per heavy atom. The molecule has 0 saturated heterocycles.